The van der Waals surface area contributed by atoms with Crippen LogP contribution in [0.2, 0.25) is 0 Å². The van der Waals surface area contributed by atoms with Gasteiger partial charge in [-0.3, -0.25) is 4.90 Å². The van der Waals surface area contributed by atoms with Crippen LogP contribution in [0.1, 0.15) is 49.8 Å². The third-order valence-corrected chi connectivity index (χ3v) is 4.91. The minimum absolute atomic E-state index is 0.540. The first-order chi connectivity index (χ1) is 9.72. The van der Waals surface area contributed by atoms with Crippen LogP contribution in [-0.4, -0.2) is 30.6 Å². The highest BCUT2D eigenvalue weighted by molar-refractivity contribution is 5.23. The predicted molar refractivity (Wildman–Crippen MR) is 84.9 cm³/mol. The quantitative estimate of drug-likeness (QED) is 0.852. The summed E-state index contributed by atoms with van der Waals surface area (Å²) in [5.41, 5.74) is 2.82. The smallest absolute Gasteiger partial charge is 0.0320 e. The van der Waals surface area contributed by atoms with E-state index in [2.05, 4.69) is 48.3 Å². The highest BCUT2D eigenvalue weighted by Crippen LogP contribution is 2.33. The van der Waals surface area contributed by atoms with Gasteiger partial charge in [0.1, 0.15) is 0 Å². The number of hydrogen-bond donors (Lipinski definition) is 1. The second-order valence-electron chi connectivity index (χ2n) is 6.78. The van der Waals surface area contributed by atoms with E-state index in [-0.39, 0.29) is 0 Å². The Labute approximate surface area is 123 Å². The van der Waals surface area contributed by atoms with Gasteiger partial charge in [0, 0.05) is 25.2 Å². The van der Waals surface area contributed by atoms with E-state index < -0.39 is 0 Å². The summed E-state index contributed by atoms with van der Waals surface area (Å²) in [5.74, 6) is 0.962. The second-order valence-corrected chi connectivity index (χ2v) is 6.78. The molecule has 1 aliphatic heterocycles. The van der Waals surface area contributed by atoms with Crippen molar-refractivity contribution in [3.05, 3.63) is 35.4 Å². The van der Waals surface area contributed by atoms with Gasteiger partial charge in [0.15, 0.2) is 0 Å². The van der Waals surface area contributed by atoms with Crippen LogP contribution in [-0.2, 0) is 0 Å². The summed E-state index contributed by atoms with van der Waals surface area (Å²) >= 11 is 0. The number of nitrogens with one attached hydrogen (secondary N) is 1. The van der Waals surface area contributed by atoms with Gasteiger partial charge >= 0.3 is 0 Å². The summed E-state index contributed by atoms with van der Waals surface area (Å²) < 4.78 is 0. The Morgan fingerprint density at radius 1 is 1.15 bits per heavy atom. The van der Waals surface area contributed by atoms with Crippen molar-refractivity contribution in [3.8, 4) is 0 Å². The molecule has 1 N–H and O–H groups in total. The van der Waals surface area contributed by atoms with E-state index in [0.717, 1.165) is 5.92 Å². The highest BCUT2D eigenvalue weighted by atomic mass is 15.2. The van der Waals surface area contributed by atoms with Gasteiger partial charge in [-0.15, -0.1) is 0 Å². The third kappa shape index (κ3) is 3.62. The van der Waals surface area contributed by atoms with Gasteiger partial charge in [-0.05, 0) is 57.6 Å². The Balaban J connectivity index is 1.67. The molecule has 1 heterocycles. The Bertz CT molecular complexity index is 416. The fraction of sp³-hybridized carbons (Fsp3) is 0.667. The molecule has 1 saturated heterocycles. The number of rotatable bonds is 6. The van der Waals surface area contributed by atoms with Crippen molar-refractivity contribution in [2.75, 3.05) is 19.6 Å². The molecule has 0 amide bonds. The van der Waals surface area contributed by atoms with Crippen LogP contribution in [0.5, 0.6) is 0 Å². The van der Waals surface area contributed by atoms with Gasteiger partial charge in [-0.25, -0.2) is 0 Å². The van der Waals surface area contributed by atoms with Crippen molar-refractivity contribution < 1.29 is 0 Å². The lowest BCUT2D eigenvalue weighted by molar-refractivity contribution is 0.184. The number of hydrogen-bond acceptors (Lipinski definition) is 2. The van der Waals surface area contributed by atoms with Gasteiger partial charge in [0.2, 0.25) is 0 Å². The predicted octanol–water partition coefficient (Wildman–Crippen LogP) is 3.52. The number of benzene rings is 1. The molecule has 3 rings (SSSR count). The van der Waals surface area contributed by atoms with Crippen LogP contribution in [0.25, 0.3) is 0 Å². The molecule has 0 aromatic heterocycles. The summed E-state index contributed by atoms with van der Waals surface area (Å²) in [6.45, 7) is 8.25. The molecule has 2 aliphatic rings. The average molecular weight is 272 g/mol. The first-order valence-corrected chi connectivity index (χ1v) is 8.26. The summed E-state index contributed by atoms with van der Waals surface area (Å²) in [6.07, 6.45) is 5.58. The maximum Gasteiger partial charge on any atom is 0.0320 e. The molecule has 1 aromatic carbocycles. The van der Waals surface area contributed by atoms with Crippen LogP contribution in [0, 0.1) is 12.8 Å². The van der Waals surface area contributed by atoms with Crippen molar-refractivity contribution in [3.63, 3.8) is 0 Å². The normalized spacial score (nSPS) is 24.2. The van der Waals surface area contributed by atoms with Gasteiger partial charge < -0.3 is 5.32 Å². The van der Waals surface area contributed by atoms with Crippen molar-refractivity contribution in [1.82, 2.24) is 10.2 Å². The Morgan fingerprint density at radius 3 is 2.50 bits per heavy atom. The summed E-state index contributed by atoms with van der Waals surface area (Å²) in [5, 5.41) is 3.65. The van der Waals surface area contributed by atoms with Crippen LogP contribution in [0.15, 0.2) is 24.3 Å². The minimum Gasteiger partial charge on any atom is -0.313 e. The highest BCUT2D eigenvalue weighted by Gasteiger charge is 2.29. The zero-order chi connectivity index (χ0) is 13.9. The monoisotopic (exact) mass is 272 g/mol. The maximum atomic E-state index is 3.65. The largest absolute Gasteiger partial charge is 0.313 e. The van der Waals surface area contributed by atoms with Crippen molar-refractivity contribution in [2.24, 2.45) is 5.92 Å². The topological polar surface area (TPSA) is 15.3 Å². The van der Waals surface area contributed by atoms with Crippen LogP contribution >= 0.6 is 0 Å². The van der Waals surface area contributed by atoms with Gasteiger partial charge in [-0.1, -0.05) is 29.8 Å². The Hall–Kier alpha value is -0.860. The molecule has 2 atom stereocenters. The molecule has 1 saturated carbocycles. The number of nitrogens with zero attached hydrogens (tertiary/aromatic N) is 1. The molecule has 1 aliphatic carbocycles. The fourth-order valence-electron chi connectivity index (χ4n) is 3.27. The van der Waals surface area contributed by atoms with Crippen molar-refractivity contribution in [2.45, 2.75) is 51.6 Å². The molecule has 20 heavy (non-hydrogen) atoms. The van der Waals surface area contributed by atoms with Crippen LogP contribution < -0.4 is 5.32 Å². The molecule has 0 bridgehead atoms. The van der Waals surface area contributed by atoms with E-state index in [9.17, 15) is 0 Å². The lowest BCUT2D eigenvalue weighted by Crippen LogP contribution is -2.40. The van der Waals surface area contributed by atoms with Crippen molar-refractivity contribution in [1.29, 1.82) is 0 Å². The van der Waals surface area contributed by atoms with E-state index in [1.165, 1.54) is 56.4 Å². The first-order valence-electron chi connectivity index (χ1n) is 8.26. The van der Waals surface area contributed by atoms with Crippen LogP contribution in [0.4, 0.5) is 0 Å². The second kappa shape index (κ2) is 6.28. The fourth-order valence-corrected chi connectivity index (χ4v) is 3.27. The van der Waals surface area contributed by atoms with Gasteiger partial charge in [0.05, 0.1) is 0 Å². The van der Waals surface area contributed by atoms with Gasteiger partial charge in [-0.2, -0.15) is 0 Å². The zero-order valence-corrected chi connectivity index (χ0v) is 12.9. The van der Waals surface area contributed by atoms with E-state index in [1.54, 1.807) is 0 Å². The van der Waals surface area contributed by atoms with Crippen LogP contribution in [0.3, 0.4) is 0 Å². The summed E-state index contributed by atoms with van der Waals surface area (Å²) in [6, 6.07) is 10.4. The maximum absolute atomic E-state index is 3.65. The molecule has 110 valence electrons. The minimum atomic E-state index is 0.540. The molecule has 0 spiro atoms. The summed E-state index contributed by atoms with van der Waals surface area (Å²) in [4.78, 5) is 2.71. The first kappa shape index (κ1) is 14.1. The molecule has 2 heteroatoms. The van der Waals surface area contributed by atoms with E-state index in [1.807, 2.05) is 0 Å². The number of aryl methyl sites for hydroxylation is 1. The molecule has 2 fully saturated rings. The third-order valence-electron chi connectivity index (χ3n) is 4.91. The molecular formula is C18H28N2. The Kier molecular flexibility index (Phi) is 4.42. The zero-order valence-electron chi connectivity index (χ0n) is 12.9. The van der Waals surface area contributed by atoms with E-state index in [0.29, 0.717) is 12.1 Å². The van der Waals surface area contributed by atoms with Crippen molar-refractivity contribution >= 4 is 0 Å². The van der Waals surface area contributed by atoms with Gasteiger partial charge in [0.25, 0.3) is 0 Å². The molecule has 2 nitrogen and oxygen atoms in total. The standard InChI is InChI=1S/C18H28N2/c1-14-5-9-17(10-6-14)15(2)20(12-16-7-8-16)13-18-4-3-11-19-18/h5-6,9-10,15-16,18-19H,3-4,7-8,11-13H2,1-2H3. The molecular weight excluding hydrogens is 244 g/mol. The van der Waals surface area contributed by atoms with E-state index >= 15 is 0 Å². The molecule has 0 radical (unpaired) electrons. The molecule has 1 aromatic rings. The average Bonchev–Trinajstić information content (AvgIpc) is 3.12. The lowest BCUT2D eigenvalue weighted by atomic mass is 10.0. The Morgan fingerprint density at radius 2 is 1.90 bits per heavy atom. The SMILES string of the molecule is Cc1ccc(C(C)N(CC2CC2)CC2CCCN2)cc1. The lowest BCUT2D eigenvalue weighted by Gasteiger charge is -2.32. The molecule has 2 unspecified atom stereocenters. The van der Waals surface area contributed by atoms with E-state index in [4.69, 9.17) is 0 Å². The summed E-state index contributed by atoms with van der Waals surface area (Å²) in [7, 11) is 0.